The summed E-state index contributed by atoms with van der Waals surface area (Å²) in [5.74, 6) is -1.07. The number of unbranched alkanes of at least 4 members (excludes halogenated alkanes) is 1. The molecule has 1 heterocycles. The molecule has 0 atom stereocenters. The number of ether oxygens (including phenoxy) is 2. The van der Waals surface area contributed by atoms with Crippen molar-refractivity contribution in [2.45, 2.75) is 26.2 Å². The molecule has 0 saturated carbocycles. The van der Waals surface area contributed by atoms with Gasteiger partial charge in [0.25, 0.3) is 0 Å². The topological polar surface area (TPSA) is 65.5 Å². The molecular weight excluding hydrogens is 306 g/mol. The molecule has 0 unspecified atom stereocenters. The van der Waals surface area contributed by atoms with Gasteiger partial charge in [-0.05, 0) is 24.1 Å². The molecule has 126 valence electrons. The van der Waals surface area contributed by atoms with Crippen molar-refractivity contribution in [3.05, 3.63) is 65.5 Å². The molecular formula is C19H21NO4. The normalized spacial score (nSPS) is 10.2. The molecule has 0 aliphatic carbocycles. The molecule has 0 amide bonds. The molecule has 5 heteroatoms. The van der Waals surface area contributed by atoms with Gasteiger partial charge in [0.2, 0.25) is 0 Å². The number of carbonyl (C=O) groups excluding carboxylic acids is 2. The first-order valence-electron chi connectivity index (χ1n) is 8.06. The molecule has 2 aromatic rings. The summed E-state index contributed by atoms with van der Waals surface area (Å²) < 4.78 is 10.3. The highest BCUT2D eigenvalue weighted by molar-refractivity contribution is 5.91. The summed E-state index contributed by atoms with van der Waals surface area (Å²) in [5.41, 5.74) is 1.31. The first-order valence-corrected chi connectivity index (χ1v) is 8.06. The predicted octanol–water partition coefficient (Wildman–Crippen LogP) is 3.44. The molecule has 24 heavy (non-hydrogen) atoms. The third-order valence-corrected chi connectivity index (χ3v) is 3.37. The maximum atomic E-state index is 12.0. The van der Waals surface area contributed by atoms with Crippen molar-refractivity contribution in [3.63, 3.8) is 0 Å². The van der Waals surface area contributed by atoms with Crippen LogP contribution in [0.25, 0.3) is 0 Å². The Morgan fingerprint density at radius 1 is 0.875 bits per heavy atom. The maximum Gasteiger partial charge on any atom is 0.356 e. The van der Waals surface area contributed by atoms with Crippen LogP contribution in [0.3, 0.4) is 0 Å². The minimum Gasteiger partial charge on any atom is -0.461 e. The number of aromatic nitrogens is 1. The maximum absolute atomic E-state index is 12.0. The van der Waals surface area contributed by atoms with Gasteiger partial charge < -0.3 is 9.47 Å². The Bertz CT molecular complexity index is 670. The summed E-state index contributed by atoms with van der Waals surface area (Å²) in [4.78, 5) is 27.9. The zero-order valence-electron chi connectivity index (χ0n) is 13.7. The average molecular weight is 327 g/mol. The number of nitrogens with zero attached hydrogens (tertiary/aromatic N) is 1. The fourth-order valence-electron chi connectivity index (χ4n) is 2.03. The van der Waals surface area contributed by atoms with E-state index in [1.54, 1.807) is 6.07 Å². The van der Waals surface area contributed by atoms with Gasteiger partial charge in [0.1, 0.15) is 11.4 Å². The summed E-state index contributed by atoms with van der Waals surface area (Å²) in [6.45, 7) is 2.62. The monoisotopic (exact) mass is 327 g/mol. The fraction of sp³-hybridized carbons (Fsp3) is 0.316. The fourth-order valence-corrected chi connectivity index (χ4v) is 2.03. The lowest BCUT2D eigenvalue weighted by Crippen LogP contribution is -2.14. The Kier molecular flexibility index (Phi) is 6.95. The average Bonchev–Trinajstić information content (AvgIpc) is 2.63. The van der Waals surface area contributed by atoms with Crippen molar-refractivity contribution in [3.8, 4) is 0 Å². The van der Waals surface area contributed by atoms with Crippen LogP contribution in [0.15, 0.2) is 48.5 Å². The standard InChI is InChI=1S/C19H21NO4/c1-2-3-13-23-18(21)16-10-7-11-17(20-16)19(22)24-14-12-15-8-5-4-6-9-15/h4-11H,2-3,12-14H2,1H3. The molecule has 1 aromatic heterocycles. The Hall–Kier alpha value is -2.69. The summed E-state index contributed by atoms with van der Waals surface area (Å²) in [6, 6.07) is 14.4. The first kappa shape index (κ1) is 17.7. The van der Waals surface area contributed by atoms with Gasteiger partial charge >= 0.3 is 11.9 Å². The second-order valence-electron chi connectivity index (χ2n) is 5.27. The van der Waals surface area contributed by atoms with Crippen LogP contribution >= 0.6 is 0 Å². The Morgan fingerprint density at radius 2 is 1.50 bits per heavy atom. The van der Waals surface area contributed by atoms with Crippen molar-refractivity contribution in [2.75, 3.05) is 13.2 Å². The van der Waals surface area contributed by atoms with Gasteiger partial charge in [-0.15, -0.1) is 0 Å². The lowest BCUT2D eigenvalue weighted by molar-refractivity contribution is 0.0488. The predicted molar refractivity (Wildman–Crippen MR) is 89.9 cm³/mol. The van der Waals surface area contributed by atoms with Crippen LogP contribution in [0.5, 0.6) is 0 Å². The van der Waals surface area contributed by atoms with Crippen LogP contribution in [-0.4, -0.2) is 30.1 Å². The van der Waals surface area contributed by atoms with Gasteiger partial charge in [0.05, 0.1) is 13.2 Å². The van der Waals surface area contributed by atoms with Gasteiger partial charge in [-0.25, -0.2) is 14.6 Å². The number of benzene rings is 1. The summed E-state index contributed by atoms with van der Waals surface area (Å²) in [5, 5.41) is 0. The summed E-state index contributed by atoms with van der Waals surface area (Å²) in [7, 11) is 0. The third kappa shape index (κ3) is 5.50. The van der Waals surface area contributed by atoms with E-state index in [4.69, 9.17) is 9.47 Å². The smallest absolute Gasteiger partial charge is 0.356 e. The zero-order valence-corrected chi connectivity index (χ0v) is 13.7. The molecule has 0 saturated heterocycles. The van der Waals surface area contributed by atoms with Crippen LogP contribution < -0.4 is 0 Å². The molecule has 0 spiro atoms. The Balaban J connectivity index is 1.87. The number of carbonyl (C=O) groups is 2. The Morgan fingerprint density at radius 3 is 2.12 bits per heavy atom. The van der Waals surface area contributed by atoms with Crippen molar-refractivity contribution < 1.29 is 19.1 Å². The molecule has 2 rings (SSSR count). The number of esters is 2. The van der Waals surface area contributed by atoms with Crippen molar-refractivity contribution in [2.24, 2.45) is 0 Å². The lowest BCUT2D eigenvalue weighted by Gasteiger charge is -2.06. The minimum atomic E-state index is -0.547. The molecule has 1 aromatic carbocycles. The zero-order chi connectivity index (χ0) is 17.2. The van der Waals surface area contributed by atoms with Crippen LogP contribution in [0.2, 0.25) is 0 Å². The summed E-state index contributed by atoms with van der Waals surface area (Å²) in [6.07, 6.45) is 2.37. The van der Waals surface area contributed by atoms with Crippen LogP contribution in [-0.2, 0) is 15.9 Å². The number of rotatable bonds is 8. The van der Waals surface area contributed by atoms with E-state index in [1.807, 2.05) is 37.3 Å². The van der Waals surface area contributed by atoms with E-state index in [-0.39, 0.29) is 18.0 Å². The van der Waals surface area contributed by atoms with Crippen molar-refractivity contribution >= 4 is 11.9 Å². The molecule has 0 radical (unpaired) electrons. The lowest BCUT2D eigenvalue weighted by atomic mass is 10.2. The second-order valence-corrected chi connectivity index (χ2v) is 5.27. The molecule has 0 N–H and O–H groups in total. The van der Waals surface area contributed by atoms with Crippen LogP contribution in [0.1, 0.15) is 46.3 Å². The number of hydrogen-bond acceptors (Lipinski definition) is 5. The van der Waals surface area contributed by atoms with E-state index in [1.165, 1.54) is 12.1 Å². The van der Waals surface area contributed by atoms with Gasteiger partial charge in [-0.2, -0.15) is 0 Å². The number of hydrogen-bond donors (Lipinski definition) is 0. The van der Waals surface area contributed by atoms with E-state index < -0.39 is 11.9 Å². The first-order chi connectivity index (χ1) is 11.7. The molecule has 0 aliphatic rings. The third-order valence-electron chi connectivity index (χ3n) is 3.37. The molecule has 0 fully saturated rings. The molecule has 5 nitrogen and oxygen atoms in total. The Labute approximate surface area is 141 Å². The van der Waals surface area contributed by atoms with Gasteiger partial charge in [-0.1, -0.05) is 49.7 Å². The molecule has 0 aliphatic heterocycles. The summed E-state index contributed by atoms with van der Waals surface area (Å²) >= 11 is 0. The largest absolute Gasteiger partial charge is 0.461 e. The van der Waals surface area contributed by atoms with Gasteiger partial charge in [-0.3, -0.25) is 0 Å². The highest BCUT2D eigenvalue weighted by Gasteiger charge is 2.14. The van der Waals surface area contributed by atoms with E-state index in [0.29, 0.717) is 13.0 Å². The second kappa shape index (κ2) is 9.45. The minimum absolute atomic E-state index is 0.105. The van der Waals surface area contributed by atoms with E-state index in [0.717, 1.165) is 18.4 Å². The van der Waals surface area contributed by atoms with Crippen LogP contribution in [0, 0.1) is 0 Å². The van der Waals surface area contributed by atoms with Crippen molar-refractivity contribution in [1.29, 1.82) is 0 Å². The van der Waals surface area contributed by atoms with Gasteiger partial charge in [0.15, 0.2) is 0 Å². The van der Waals surface area contributed by atoms with Crippen molar-refractivity contribution in [1.82, 2.24) is 4.98 Å². The highest BCUT2D eigenvalue weighted by Crippen LogP contribution is 2.06. The quantitative estimate of drug-likeness (QED) is 0.549. The van der Waals surface area contributed by atoms with E-state index in [2.05, 4.69) is 4.98 Å². The van der Waals surface area contributed by atoms with E-state index in [9.17, 15) is 9.59 Å². The SMILES string of the molecule is CCCCOC(=O)c1cccc(C(=O)OCCc2ccccc2)n1. The van der Waals surface area contributed by atoms with E-state index >= 15 is 0 Å². The van der Waals surface area contributed by atoms with Crippen LogP contribution in [0.4, 0.5) is 0 Å². The highest BCUT2D eigenvalue weighted by atomic mass is 16.5. The van der Waals surface area contributed by atoms with Gasteiger partial charge in [0, 0.05) is 6.42 Å². The molecule has 0 bridgehead atoms. The number of pyridine rings is 1.